The summed E-state index contributed by atoms with van der Waals surface area (Å²) in [6, 6.07) is 6.48. The van der Waals surface area contributed by atoms with Gasteiger partial charge in [-0.2, -0.15) is 0 Å². The number of likely N-dealkylation sites (tertiary alicyclic amines) is 1. The molecular weight excluding hydrogens is 360 g/mol. The van der Waals surface area contributed by atoms with Gasteiger partial charge in [0.1, 0.15) is 5.60 Å². The van der Waals surface area contributed by atoms with E-state index in [2.05, 4.69) is 17.1 Å². The van der Waals surface area contributed by atoms with E-state index in [1.807, 2.05) is 0 Å². The van der Waals surface area contributed by atoms with E-state index in [1.54, 1.807) is 38.1 Å². The molecule has 7 heteroatoms. The fourth-order valence-electron chi connectivity index (χ4n) is 3.81. The number of benzene rings is 1. The summed E-state index contributed by atoms with van der Waals surface area (Å²) in [6.07, 6.45) is 1.21. The lowest BCUT2D eigenvalue weighted by atomic mass is 9.82. The molecule has 0 bridgehead atoms. The third-order valence-electron chi connectivity index (χ3n) is 5.42. The van der Waals surface area contributed by atoms with Gasteiger partial charge in [0, 0.05) is 37.2 Å². The summed E-state index contributed by atoms with van der Waals surface area (Å²) in [5.41, 5.74) is 0.895. The number of anilines is 1. The molecule has 28 heavy (non-hydrogen) atoms. The van der Waals surface area contributed by atoms with Crippen LogP contribution in [0.2, 0.25) is 0 Å². The predicted octanol–water partition coefficient (Wildman–Crippen LogP) is 2.53. The van der Waals surface area contributed by atoms with Crippen LogP contribution in [0.25, 0.3) is 0 Å². The zero-order valence-corrected chi connectivity index (χ0v) is 16.5. The van der Waals surface area contributed by atoms with E-state index in [0.29, 0.717) is 41.8 Å². The molecule has 2 aliphatic heterocycles. The Bertz CT molecular complexity index is 805. The van der Waals surface area contributed by atoms with Crippen LogP contribution in [-0.4, -0.2) is 54.6 Å². The minimum Gasteiger partial charge on any atom is -0.462 e. The summed E-state index contributed by atoms with van der Waals surface area (Å²) in [7, 11) is 0. The molecule has 0 aromatic heterocycles. The summed E-state index contributed by atoms with van der Waals surface area (Å²) < 4.78 is 10.6. The molecule has 2 aliphatic rings. The van der Waals surface area contributed by atoms with Crippen LogP contribution in [0, 0.1) is 0 Å². The molecule has 1 fully saturated rings. The Balaban J connectivity index is 1.76. The first kappa shape index (κ1) is 20.1. The molecule has 3 rings (SSSR count). The Kier molecular flexibility index (Phi) is 5.84. The van der Waals surface area contributed by atoms with Crippen LogP contribution in [0.3, 0.4) is 0 Å². The minimum absolute atomic E-state index is 0.302. The van der Waals surface area contributed by atoms with E-state index in [1.165, 1.54) is 0 Å². The molecule has 2 heterocycles. The van der Waals surface area contributed by atoms with E-state index < -0.39 is 17.5 Å². The van der Waals surface area contributed by atoms with E-state index >= 15 is 0 Å². The number of hydrogen-bond acceptors (Lipinski definition) is 6. The van der Waals surface area contributed by atoms with Crippen LogP contribution in [0.5, 0.6) is 0 Å². The molecule has 0 radical (unpaired) electrons. The van der Waals surface area contributed by atoms with Crippen molar-refractivity contribution in [2.75, 3.05) is 31.6 Å². The number of esters is 2. The lowest BCUT2D eigenvalue weighted by molar-refractivity contribution is -0.150. The first-order chi connectivity index (χ1) is 13.4. The molecule has 1 spiro atoms. The number of rotatable bonds is 5. The van der Waals surface area contributed by atoms with Crippen LogP contribution in [0.4, 0.5) is 5.69 Å². The number of amides is 1. The third-order valence-corrected chi connectivity index (χ3v) is 5.42. The first-order valence-electron chi connectivity index (χ1n) is 9.65. The van der Waals surface area contributed by atoms with Gasteiger partial charge in [-0.3, -0.25) is 4.79 Å². The van der Waals surface area contributed by atoms with Crippen LogP contribution >= 0.6 is 0 Å². The van der Waals surface area contributed by atoms with Crippen molar-refractivity contribution in [2.24, 2.45) is 0 Å². The molecule has 1 amide bonds. The highest BCUT2D eigenvalue weighted by molar-refractivity contribution is 6.12. The monoisotopic (exact) mass is 386 g/mol. The summed E-state index contributed by atoms with van der Waals surface area (Å²) in [6.45, 7) is 8.27. The number of carbonyl (C=O) groups is 3. The third kappa shape index (κ3) is 3.80. The number of ether oxygens (including phenoxy) is 2. The molecule has 0 aliphatic carbocycles. The lowest BCUT2D eigenvalue weighted by Gasteiger charge is -2.38. The van der Waals surface area contributed by atoms with Crippen molar-refractivity contribution < 1.29 is 23.9 Å². The fraction of sp³-hybridized carbons (Fsp3) is 0.476. The summed E-state index contributed by atoms with van der Waals surface area (Å²) in [5, 5.41) is 2.84. The van der Waals surface area contributed by atoms with Crippen molar-refractivity contribution in [3.63, 3.8) is 0 Å². The van der Waals surface area contributed by atoms with Gasteiger partial charge in [0.05, 0.1) is 17.7 Å². The van der Waals surface area contributed by atoms with Crippen molar-refractivity contribution >= 4 is 23.5 Å². The van der Waals surface area contributed by atoms with Gasteiger partial charge in [0.15, 0.2) is 0 Å². The Labute approximate surface area is 164 Å². The highest BCUT2D eigenvalue weighted by Crippen LogP contribution is 2.41. The predicted molar refractivity (Wildman–Crippen MR) is 104 cm³/mol. The van der Waals surface area contributed by atoms with Crippen LogP contribution in [0.1, 0.15) is 44.0 Å². The number of piperidine rings is 1. The van der Waals surface area contributed by atoms with Gasteiger partial charge >= 0.3 is 11.9 Å². The highest BCUT2D eigenvalue weighted by Gasteiger charge is 2.50. The zero-order valence-electron chi connectivity index (χ0n) is 16.5. The van der Waals surface area contributed by atoms with Crippen molar-refractivity contribution in [3.8, 4) is 0 Å². The highest BCUT2D eigenvalue weighted by atomic mass is 16.6. The van der Waals surface area contributed by atoms with E-state index in [-0.39, 0.29) is 5.91 Å². The number of hydrogen-bond donors (Lipinski definition) is 1. The van der Waals surface area contributed by atoms with E-state index in [0.717, 1.165) is 19.6 Å². The summed E-state index contributed by atoms with van der Waals surface area (Å²) in [5.74, 6) is -1.17. The number of carbonyl (C=O) groups excluding carboxylic acids is 3. The first-order valence-corrected chi connectivity index (χ1v) is 9.65. The molecule has 7 nitrogen and oxygen atoms in total. The van der Waals surface area contributed by atoms with Crippen molar-refractivity contribution in [2.45, 2.75) is 39.2 Å². The van der Waals surface area contributed by atoms with Gasteiger partial charge in [0.2, 0.25) is 0 Å². The zero-order chi connectivity index (χ0) is 20.3. The lowest BCUT2D eigenvalue weighted by Crippen LogP contribution is -2.47. The average molecular weight is 386 g/mol. The SMILES string of the molecule is CCOC(=O)c1ccc(NC(=O)C2=C(C)C(=O)OC23CCN(CC)CC3)cc1. The van der Waals surface area contributed by atoms with Crippen molar-refractivity contribution in [1.82, 2.24) is 4.90 Å². The minimum atomic E-state index is -0.845. The van der Waals surface area contributed by atoms with Gasteiger partial charge in [0.25, 0.3) is 5.91 Å². The van der Waals surface area contributed by atoms with Crippen LogP contribution in [0.15, 0.2) is 35.4 Å². The van der Waals surface area contributed by atoms with Gasteiger partial charge in [-0.1, -0.05) is 6.92 Å². The molecule has 1 N–H and O–H groups in total. The Morgan fingerprint density at radius 3 is 2.39 bits per heavy atom. The van der Waals surface area contributed by atoms with E-state index in [9.17, 15) is 14.4 Å². The van der Waals surface area contributed by atoms with Gasteiger partial charge < -0.3 is 19.7 Å². The summed E-state index contributed by atoms with van der Waals surface area (Å²) >= 11 is 0. The van der Waals surface area contributed by atoms with E-state index in [4.69, 9.17) is 9.47 Å². The standard InChI is InChI=1S/C21H26N2O5/c1-4-23-12-10-21(11-13-23)17(14(3)19(25)28-21)18(24)22-16-8-6-15(7-9-16)20(26)27-5-2/h6-9H,4-5,10-13H2,1-3H3,(H,22,24). The average Bonchev–Trinajstić information content (AvgIpc) is 2.93. The maximum Gasteiger partial charge on any atom is 0.338 e. The van der Waals surface area contributed by atoms with Crippen molar-refractivity contribution in [3.05, 3.63) is 41.0 Å². The van der Waals surface area contributed by atoms with Crippen LogP contribution in [-0.2, 0) is 19.1 Å². The Morgan fingerprint density at radius 1 is 1.18 bits per heavy atom. The molecule has 1 aromatic carbocycles. The van der Waals surface area contributed by atoms with Crippen LogP contribution < -0.4 is 5.32 Å². The van der Waals surface area contributed by atoms with Crippen molar-refractivity contribution in [1.29, 1.82) is 0 Å². The Morgan fingerprint density at radius 2 is 1.82 bits per heavy atom. The van der Waals surface area contributed by atoms with Gasteiger partial charge in [-0.05, 0) is 44.7 Å². The second-order valence-corrected chi connectivity index (χ2v) is 7.07. The van der Waals surface area contributed by atoms with Gasteiger partial charge in [-0.25, -0.2) is 9.59 Å². The smallest absolute Gasteiger partial charge is 0.338 e. The normalized spacial score (nSPS) is 18.9. The quantitative estimate of drug-likeness (QED) is 0.783. The molecular formula is C21H26N2O5. The fourth-order valence-corrected chi connectivity index (χ4v) is 3.81. The van der Waals surface area contributed by atoms with Gasteiger partial charge in [-0.15, -0.1) is 0 Å². The second kappa shape index (κ2) is 8.14. The topological polar surface area (TPSA) is 84.9 Å². The largest absolute Gasteiger partial charge is 0.462 e. The maximum absolute atomic E-state index is 13.0. The number of nitrogens with one attached hydrogen (secondary N) is 1. The number of nitrogens with zero attached hydrogens (tertiary/aromatic N) is 1. The molecule has 1 aromatic rings. The Hall–Kier alpha value is -2.67. The maximum atomic E-state index is 13.0. The molecule has 150 valence electrons. The summed E-state index contributed by atoms with van der Waals surface area (Å²) in [4.78, 5) is 39.3. The molecule has 0 unspecified atom stereocenters. The molecule has 0 saturated carbocycles. The second-order valence-electron chi connectivity index (χ2n) is 7.07. The molecule has 0 atom stereocenters. The molecule has 1 saturated heterocycles.